The Labute approximate surface area is 318 Å². The second-order valence-corrected chi connectivity index (χ2v) is 14.9. The molecule has 4 heterocycles. The van der Waals surface area contributed by atoms with Crippen molar-refractivity contribution in [1.82, 2.24) is 4.98 Å². The van der Waals surface area contributed by atoms with Crippen molar-refractivity contribution in [2.75, 3.05) is 13.1 Å². The van der Waals surface area contributed by atoms with Crippen molar-refractivity contribution in [1.29, 1.82) is 0 Å². The number of hydrogen-bond acceptors (Lipinski definition) is 2. The maximum atomic E-state index is 14.0. The topological polar surface area (TPSA) is 33.1 Å². The Morgan fingerprint density at radius 1 is 0.684 bits per heavy atom. The molecule has 3 fully saturated rings. The van der Waals surface area contributed by atoms with Crippen LogP contribution in [0.2, 0.25) is 0 Å². The van der Waals surface area contributed by atoms with Crippen molar-refractivity contribution in [2.45, 2.75) is 56.2 Å². The number of aliphatic hydroxyl groups excluding tert-OH is 1. The largest absolute Gasteiger partial charge is 0.416 e. The average Bonchev–Trinajstić information content (AvgIpc) is 3.15. The molecule has 15 heteroatoms. The monoisotopic (exact) mass is 809 g/mol. The van der Waals surface area contributed by atoms with Gasteiger partial charge < -0.3 is 9.59 Å². The van der Waals surface area contributed by atoms with Crippen LogP contribution in [0.5, 0.6) is 0 Å². The van der Waals surface area contributed by atoms with Gasteiger partial charge in [-0.05, 0) is 100 Å². The lowest BCUT2D eigenvalue weighted by molar-refractivity contribution is -0.984. The number of piperidine rings is 3. The standard InChI is InChI=1S/C42H33F12N2O/c1-2-24-22-56(10-8-25(24)18-37(56)38(57)35-7-9-55-36-6-4-3-5-34(35)36)21-23-11-26(28-14-30(39(43,44)45)19-31(15-28)40(46,47)48)13-27(12-23)29-16-32(41(49,50)51)20-33(17-29)42(52,53)54/h2-7,9,11-17,19-20,24-25,37-38,57H,1,8,10,18,21-22H2/q+1/t24-,25-,37+,38+,56+/m0/s1. The van der Waals surface area contributed by atoms with Gasteiger partial charge in [-0.25, -0.2) is 0 Å². The zero-order chi connectivity index (χ0) is 41.3. The fourth-order valence-electron chi connectivity index (χ4n) is 8.69. The molecule has 3 nitrogen and oxygen atoms in total. The van der Waals surface area contributed by atoms with Crippen molar-refractivity contribution in [3.63, 3.8) is 0 Å². The minimum Gasteiger partial charge on any atom is -0.382 e. The maximum Gasteiger partial charge on any atom is 0.416 e. The number of aromatic nitrogens is 1. The Bertz CT molecular complexity index is 2160. The van der Waals surface area contributed by atoms with E-state index >= 15 is 0 Å². The molecule has 1 aromatic heterocycles. The molecule has 300 valence electrons. The third-order valence-electron chi connectivity index (χ3n) is 11.4. The fraction of sp³-hybridized carbons (Fsp3) is 0.310. The van der Waals surface area contributed by atoms with Crippen LogP contribution in [0.15, 0.2) is 104 Å². The Balaban J connectivity index is 1.44. The number of halogens is 12. The van der Waals surface area contributed by atoms with Crippen molar-refractivity contribution >= 4 is 10.9 Å². The molecular formula is C42H33F12N2O+. The van der Waals surface area contributed by atoms with E-state index in [4.69, 9.17) is 0 Å². The summed E-state index contributed by atoms with van der Waals surface area (Å²) in [6.07, 6.45) is -17.6. The van der Waals surface area contributed by atoms with Crippen LogP contribution in [-0.4, -0.2) is 33.7 Å². The SMILES string of the molecule is C=C[C@H]1C[N@+]2(Cc3cc(-c4cc(C(F)(F)F)cc(C(F)(F)F)c4)cc(-c4cc(C(F)(F)F)cc(C(F)(F)F)c4)c3)CC[C@H]1C[C@@H]2[C@H](O)c1ccnc2ccccc12. The van der Waals surface area contributed by atoms with Crippen molar-refractivity contribution < 1.29 is 62.3 Å². The second-order valence-electron chi connectivity index (χ2n) is 14.9. The smallest absolute Gasteiger partial charge is 0.382 e. The second kappa shape index (κ2) is 14.2. The first kappa shape index (κ1) is 40.3. The van der Waals surface area contributed by atoms with Gasteiger partial charge in [-0.1, -0.05) is 24.3 Å². The Hall–Kier alpha value is -4.89. The molecule has 57 heavy (non-hydrogen) atoms. The van der Waals surface area contributed by atoms with Crippen LogP contribution in [0, 0.1) is 11.8 Å². The van der Waals surface area contributed by atoms with Crippen LogP contribution in [0.4, 0.5) is 52.7 Å². The quantitative estimate of drug-likeness (QED) is 0.101. The molecule has 0 aliphatic carbocycles. The van der Waals surface area contributed by atoms with Crippen molar-refractivity contribution in [2.24, 2.45) is 11.8 Å². The van der Waals surface area contributed by atoms with Gasteiger partial charge in [-0.15, -0.1) is 6.58 Å². The van der Waals surface area contributed by atoms with Gasteiger partial charge in [-0.2, -0.15) is 52.7 Å². The van der Waals surface area contributed by atoms with Crippen molar-refractivity contribution in [3.05, 3.63) is 137 Å². The molecule has 4 aromatic carbocycles. The number of nitrogens with zero attached hydrogens (tertiary/aromatic N) is 2. The van der Waals surface area contributed by atoms with Gasteiger partial charge in [0.25, 0.3) is 0 Å². The normalized spacial score (nSPS) is 22.2. The van der Waals surface area contributed by atoms with Crippen LogP contribution in [-0.2, 0) is 31.2 Å². The minimum atomic E-state index is -5.24. The highest BCUT2D eigenvalue weighted by Gasteiger charge is 2.54. The molecule has 8 rings (SSSR count). The summed E-state index contributed by atoms with van der Waals surface area (Å²) in [6, 6.07) is 13.6. The predicted molar refractivity (Wildman–Crippen MR) is 188 cm³/mol. The summed E-state index contributed by atoms with van der Waals surface area (Å²) in [4.78, 5) is 4.38. The van der Waals surface area contributed by atoms with Gasteiger partial charge in [0, 0.05) is 35.9 Å². The number of para-hydroxylation sites is 1. The first-order valence-electron chi connectivity index (χ1n) is 17.8. The fourth-order valence-corrected chi connectivity index (χ4v) is 8.69. The van der Waals surface area contributed by atoms with Crippen LogP contribution < -0.4 is 0 Å². The molecule has 0 amide bonds. The number of hydrogen-bond donors (Lipinski definition) is 1. The molecular weight excluding hydrogens is 776 g/mol. The highest BCUT2D eigenvalue weighted by Crippen LogP contribution is 2.49. The Morgan fingerprint density at radius 3 is 1.67 bits per heavy atom. The summed E-state index contributed by atoms with van der Waals surface area (Å²) in [5.41, 5.74) is -7.02. The molecule has 0 radical (unpaired) electrons. The van der Waals surface area contributed by atoms with E-state index in [2.05, 4.69) is 11.6 Å². The molecule has 0 unspecified atom stereocenters. The molecule has 3 aliphatic rings. The summed E-state index contributed by atoms with van der Waals surface area (Å²) in [7, 11) is 0. The molecule has 0 spiro atoms. The minimum absolute atomic E-state index is 0.0289. The van der Waals surface area contributed by atoms with E-state index in [9.17, 15) is 57.8 Å². The highest BCUT2D eigenvalue weighted by atomic mass is 19.4. The molecule has 5 aromatic rings. The van der Waals surface area contributed by atoms with Gasteiger partial charge in [0.2, 0.25) is 0 Å². The lowest BCUT2D eigenvalue weighted by Gasteiger charge is -2.58. The van der Waals surface area contributed by atoms with Crippen molar-refractivity contribution in [3.8, 4) is 22.3 Å². The van der Waals surface area contributed by atoms with Gasteiger partial charge in [0.1, 0.15) is 18.7 Å². The number of alkyl halides is 12. The average molecular weight is 810 g/mol. The number of fused-ring (bicyclic) bond motifs is 4. The highest BCUT2D eigenvalue weighted by molar-refractivity contribution is 5.82. The zero-order valence-corrected chi connectivity index (χ0v) is 29.7. The van der Waals surface area contributed by atoms with E-state index in [1.54, 1.807) is 42.6 Å². The summed E-state index contributed by atoms with van der Waals surface area (Å²) >= 11 is 0. The van der Waals surface area contributed by atoms with Crippen LogP contribution in [0.25, 0.3) is 33.2 Å². The lowest BCUT2D eigenvalue weighted by atomic mass is 9.71. The van der Waals surface area contributed by atoms with E-state index in [0.29, 0.717) is 66.7 Å². The van der Waals surface area contributed by atoms with Gasteiger partial charge in [-0.3, -0.25) is 4.98 Å². The number of rotatable bonds is 7. The summed E-state index contributed by atoms with van der Waals surface area (Å²) in [5.74, 6) is 0.0589. The first-order chi connectivity index (χ1) is 26.6. The summed E-state index contributed by atoms with van der Waals surface area (Å²) in [5, 5.41) is 12.9. The molecule has 1 N–H and O–H groups in total. The molecule has 3 aliphatic heterocycles. The van der Waals surface area contributed by atoms with Gasteiger partial charge in [0.05, 0.1) is 40.9 Å². The predicted octanol–water partition coefficient (Wildman–Crippen LogP) is 12.3. The van der Waals surface area contributed by atoms with E-state index in [0.717, 1.165) is 6.07 Å². The maximum absolute atomic E-state index is 14.0. The van der Waals surface area contributed by atoms with Gasteiger partial charge >= 0.3 is 24.7 Å². The third-order valence-corrected chi connectivity index (χ3v) is 11.4. The molecule has 5 atom stereocenters. The Kier molecular flexibility index (Phi) is 10.0. The molecule has 2 bridgehead atoms. The lowest BCUT2D eigenvalue weighted by Crippen LogP contribution is -2.67. The van der Waals surface area contributed by atoms with E-state index in [-0.39, 0.29) is 51.7 Å². The van der Waals surface area contributed by atoms with E-state index in [1.807, 2.05) is 0 Å². The number of pyridine rings is 1. The summed E-state index contributed by atoms with van der Waals surface area (Å²) < 4.78 is 168. The number of aliphatic hydroxyl groups is 1. The number of quaternary nitrogens is 1. The van der Waals surface area contributed by atoms with E-state index in [1.165, 1.54) is 12.1 Å². The van der Waals surface area contributed by atoms with Crippen LogP contribution >= 0.6 is 0 Å². The van der Waals surface area contributed by atoms with Crippen LogP contribution in [0.3, 0.4) is 0 Å². The van der Waals surface area contributed by atoms with Crippen LogP contribution in [0.1, 0.15) is 52.3 Å². The summed E-state index contributed by atoms with van der Waals surface area (Å²) in [6.45, 7) is 4.82. The first-order valence-corrected chi connectivity index (χ1v) is 17.8. The molecule has 0 saturated carbocycles. The third kappa shape index (κ3) is 8.00. The van der Waals surface area contributed by atoms with Gasteiger partial charge in [0.15, 0.2) is 0 Å². The number of benzene rings is 4. The zero-order valence-electron chi connectivity index (χ0n) is 29.7. The van der Waals surface area contributed by atoms with E-state index < -0.39 is 70.2 Å². The molecule has 3 saturated heterocycles. The Morgan fingerprint density at radius 2 is 1.18 bits per heavy atom.